The van der Waals surface area contributed by atoms with Crippen LogP contribution in [0.15, 0.2) is 54.6 Å². The second kappa shape index (κ2) is 11.3. The van der Waals surface area contributed by atoms with Crippen molar-refractivity contribution in [2.24, 2.45) is 5.92 Å². The van der Waals surface area contributed by atoms with Gasteiger partial charge in [0.2, 0.25) is 0 Å². The summed E-state index contributed by atoms with van der Waals surface area (Å²) in [5.41, 5.74) is 1.84. The summed E-state index contributed by atoms with van der Waals surface area (Å²) in [6, 6.07) is 16.9. The van der Waals surface area contributed by atoms with Crippen molar-refractivity contribution >= 4 is 23.5 Å². The molecule has 31 heavy (non-hydrogen) atoms. The molecule has 1 aliphatic heterocycles. The van der Waals surface area contributed by atoms with Crippen molar-refractivity contribution in [3.63, 3.8) is 0 Å². The van der Waals surface area contributed by atoms with E-state index in [9.17, 15) is 14.4 Å². The lowest BCUT2D eigenvalue weighted by molar-refractivity contribution is -0.144. The van der Waals surface area contributed by atoms with E-state index in [1.807, 2.05) is 25.1 Å². The number of nitrogens with zero attached hydrogens (tertiary/aromatic N) is 1. The van der Waals surface area contributed by atoms with Gasteiger partial charge in [-0.05, 0) is 49.3 Å². The van der Waals surface area contributed by atoms with Crippen molar-refractivity contribution in [3.05, 3.63) is 65.7 Å². The molecule has 6 heteroatoms. The molecule has 0 bridgehead atoms. The van der Waals surface area contributed by atoms with Crippen molar-refractivity contribution in [1.29, 1.82) is 0 Å². The maximum Gasteiger partial charge on any atom is 0.340 e. The summed E-state index contributed by atoms with van der Waals surface area (Å²) in [7, 11) is 0. The lowest BCUT2D eigenvalue weighted by atomic mass is 9.90. The average Bonchev–Trinajstić information content (AvgIpc) is 2.80. The Morgan fingerprint density at radius 3 is 2.39 bits per heavy atom. The van der Waals surface area contributed by atoms with E-state index < -0.39 is 17.8 Å². The highest BCUT2D eigenvalue weighted by atomic mass is 16.5. The lowest BCUT2D eigenvalue weighted by Gasteiger charge is -2.31. The van der Waals surface area contributed by atoms with E-state index in [0.29, 0.717) is 31.3 Å². The highest BCUT2D eigenvalue weighted by molar-refractivity contribution is 6.39. The number of carbonyl (C=O) groups is 3. The Kier molecular flexibility index (Phi) is 8.21. The maximum absolute atomic E-state index is 12.7. The molecule has 0 unspecified atom stereocenters. The third kappa shape index (κ3) is 6.41. The van der Waals surface area contributed by atoms with Crippen molar-refractivity contribution in [2.75, 3.05) is 25.0 Å². The van der Waals surface area contributed by atoms with Gasteiger partial charge in [-0.15, -0.1) is 0 Å². The molecule has 2 aromatic rings. The standard InChI is InChI=1S/C25H30N2O4/c1-2-3-17-31-25(30)21-11-7-8-12-22(21)26-23(28)24(29)27-15-13-20(14-16-27)18-19-9-5-4-6-10-19/h4-12,20H,2-3,13-18H2,1H3,(H,26,28). The van der Waals surface area contributed by atoms with Crippen LogP contribution in [0, 0.1) is 5.92 Å². The third-order valence-corrected chi connectivity index (χ3v) is 5.59. The van der Waals surface area contributed by atoms with Gasteiger partial charge in [0.05, 0.1) is 17.9 Å². The largest absolute Gasteiger partial charge is 0.462 e. The molecular weight excluding hydrogens is 392 g/mol. The molecule has 1 aliphatic rings. The van der Waals surface area contributed by atoms with Crippen LogP contribution in [-0.2, 0) is 20.7 Å². The summed E-state index contributed by atoms with van der Waals surface area (Å²) < 4.78 is 5.24. The van der Waals surface area contributed by atoms with E-state index in [1.54, 1.807) is 29.2 Å². The van der Waals surface area contributed by atoms with Gasteiger partial charge in [-0.25, -0.2) is 4.79 Å². The first-order valence-corrected chi connectivity index (χ1v) is 11.0. The Labute approximate surface area is 183 Å². The van der Waals surface area contributed by atoms with Gasteiger partial charge in [0, 0.05) is 13.1 Å². The molecule has 0 aliphatic carbocycles. The SMILES string of the molecule is CCCCOC(=O)c1ccccc1NC(=O)C(=O)N1CCC(Cc2ccccc2)CC1. The van der Waals surface area contributed by atoms with Gasteiger partial charge in [-0.2, -0.15) is 0 Å². The van der Waals surface area contributed by atoms with E-state index in [-0.39, 0.29) is 5.56 Å². The minimum absolute atomic E-state index is 0.251. The Bertz CT molecular complexity index is 889. The van der Waals surface area contributed by atoms with Crippen molar-refractivity contribution in [2.45, 2.75) is 39.0 Å². The molecule has 1 fully saturated rings. The van der Waals surface area contributed by atoms with E-state index in [0.717, 1.165) is 32.1 Å². The van der Waals surface area contributed by atoms with Crippen LogP contribution in [0.25, 0.3) is 0 Å². The number of piperidine rings is 1. The van der Waals surface area contributed by atoms with E-state index >= 15 is 0 Å². The number of carbonyl (C=O) groups excluding carboxylic acids is 3. The quantitative estimate of drug-likeness (QED) is 0.415. The van der Waals surface area contributed by atoms with Crippen molar-refractivity contribution < 1.29 is 19.1 Å². The number of para-hydroxylation sites is 1. The second-order valence-corrected chi connectivity index (χ2v) is 7.91. The van der Waals surface area contributed by atoms with Gasteiger partial charge in [-0.3, -0.25) is 9.59 Å². The van der Waals surface area contributed by atoms with Crippen molar-refractivity contribution in [3.8, 4) is 0 Å². The zero-order valence-electron chi connectivity index (χ0n) is 18.0. The highest BCUT2D eigenvalue weighted by Crippen LogP contribution is 2.22. The minimum Gasteiger partial charge on any atom is -0.462 e. The molecule has 0 radical (unpaired) electrons. The van der Waals surface area contributed by atoms with Crippen molar-refractivity contribution in [1.82, 2.24) is 4.90 Å². The molecular formula is C25H30N2O4. The fourth-order valence-electron chi connectivity index (χ4n) is 3.76. The number of rotatable bonds is 7. The van der Waals surface area contributed by atoms with E-state index in [1.165, 1.54) is 5.56 Å². The Hall–Kier alpha value is -3.15. The smallest absolute Gasteiger partial charge is 0.340 e. The summed E-state index contributed by atoms with van der Waals surface area (Å²) >= 11 is 0. The Balaban J connectivity index is 1.53. The predicted molar refractivity (Wildman–Crippen MR) is 120 cm³/mol. The molecule has 0 spiro atoms. The summed E-state index contributed by atoms with van der Waals surface area (Å²) in [5, 5.41) is 2.60. The van der Waals surface area contributed by atoms with Gasteiger partial charge in [-0.1, -0.05) is 55.8 Å². The third-order valence-electron chi connectivity index (χ3n) is 5.59. The summed E-state index contributed by atoms with van der Waals surface area (Å²) in [6.45, 7) is 3.46. The van der Waals surface area contributed by atoms with Crippen LogP contribution in [0.1, 0.15) is 48.5 Å². The Morgan fingerprint density at radius 1 is 1.00 bits per heavy atom. The number of unbranched alkanes of at least 4 members (excludes halogenated alkanes) is 1. The number of benzene rings is 2. The van der Waals surface area contributed by atoms with Gasteiger partial charge in [0.25, 0.3) is 0 Å². The van der Waals surface area contributed by atoms with Gasteiger partial charge < -0.3 is 15.0 Å². The summed E-state index contributed by atoms with van der Waals surface area (Å²) in [6.07, 6.45) is 4.42. The number of hydrogen-bond acceptors (Lipinski definition) is 4. The minimum atomic E-state index is -0.727. The first kappa shape index (κ1) is 22.5. The monoisotopic (exact) mass is 422 g/mol. The molecule has 0 saturated carbocycles. The van der Waals surface area contributed by atoms with Crippen LogP contribution in [-0.4, -0.2) is 42.4 Å². The molecule has 1 N–H and O–H groups in total. The number of nitrogens with one attached hydrogen (secondary N) is 1. The number of likely N-dealkylation sites (tertiary alicyclic amines) is 1. The maximum atomic E-state index is 12.7. The molecule has 2 aromatic carbocycles. The molecule has 0 aromatic heterocycles. The lowest BCUT2D eigenvalue weighted by Crippen LogP contribution is -2.44. The first-order chi connectivity index (χ1) is 15.1. The first-order valence-electron chi connectivity index (χ1n) is 11.0. The zero-order chi connectivity index (χ0) is 22.1. The number of hydrogen-bond donors (Lipinski definition) is 1. The molecule has 1 saturated heterocycles. The normalized spacial score (nSPS) is 14.2. The van der Waals surface area contributed by atoms with Crippen LogP contribution in [0.2, 0.25) is 0 Å². The fourth-order valence-corrected chi connectivity index (χ4v) is 3.76. The molecule has 164 valence electrons. The predicted octanol–water partition coefficient (Wildman–Crippen LogP) is 4.06. The number of amides is 2. The van der Waals surface area contributed by atoms with Gasteiger partial charge in [0.15, 0.2) is 0 Å². The summed E-state index contributed by atoms with van der Waals surface area (Å²) in [4.78, 5) is 39.1. The number of esters is 1. The van der Waals surface area contributed by atoms with Crippen LogP contribution < -0.4 is 5.32 Å². The molecule has 0 atom stereocenters. The number of ether oxygens (including phenoxy) is 1. The molecule has 6 nitrogen and oxygen atoms in total. The van der Waals surface area contributed by atoms with Crippen LogP contribution in [0.5, 0.6) is 0 Å². The van der Waals surface area contributed by atoms with E-state index in [2.05, 4.69) is 17.4 Å². The fraction of sp³-hybridized carbons (Fsp3) is 0.400. The van der Waals surface area contributed by atoms with Crippen LogP contribution in [0.4, 0.5) is 5.69 Å². The Morgan fingerprint density at radius 2 is 1.68 bits per heavy atom. The van der Waals surface area contributed by atoms with Crippen LogP contribution >= 0.6 is 0 Å². The van der Waals surface area contributed by atoms with Gasteiger partial charge >= 0.3 is 17.8 Å². The molecule has 2 amide bonds. The van der Waals surface area contributed by atoms with E-state index in [4.69, 9.17) is 4.74 Å². The molecule has 3 rings (SSSR count). The van der Waals surface area contributed by atoms with Crippen LogP contribution in [0.3, 0.4) is 0 Å². The molecule has 1 heterocycles. The topological polar surface area (TPSA) is 75.7 Å². The highest BCUT2D eigenvalue weighted by Gasteiger charge is 2.28. The average molecular weight is 423 g/mol. The van der Waals surface area contributed by atoms with Gasteiger partial charge in [0.1, 0.15) is 0 Å². The number of anilines is 1. The zero-order valence-corrected chi connectivity index (χ0v) is 18.0. The second-order valence-electron chi connectivity index (χ2n) is 7.91. The summed E-state index contributed by atoms with van der Waals surface area (Å²) in [5.74, 6) is -1.28.